The van der Waals surface area contributed by atoms with Gasteiger partial charge in [-0.2, -0.15) is 0 Å². The second kappa shape index (κ2) is 25.3. The first-order valence-electron chi connectivity index (χ1n) is 32.2. The van der Waals surface area contributed by atoms with Crippen LogP contribution in [0.4, 0.5) is 0 Å². The summed E-state index contributed by atoms with van der Waals surface area (Å²) in [4.78, 5) is 39.8. The van der Waals surface area contributed by atoms with E-state index < -0.39 is 0 Å². The van der Waals surface area contributed by atoms with Gasteiger partial charge in [0, 0.05) is 84.9 Å². The molecule has 0 saturated carbocycles. The van der Waals surface area contributed by atoms with Crippen LogP contribution in [-0.4, -0.2) is 39.9 Å². The Morgan fingerprint density at radius 3 is 0.847 bits per heavy atom. The van der Waals surface area contributed by atoms with Crippen LogP contribution in [0.25, 0.3) is 184 Å². The van der Waals surface area contributed by atoms with Gasteiger partial charge in [-0.25, -0.2) is 39.9 Å². The topological polar surface area (TPSA) is 103 Å². The van der Waals surface area contributed by atoms with E-state index in [4.69, 9.17) is 39.9 Å². The summed E-state index contributed by atoms with van der Waals surface area (Å²) < 4.78 is 7.28. The zero-order valence-electron chi connectivity index (χ0n) is 52.2. The summed E-state index contributed by atoms with van der Waals surface area (Å²) in [6.45, 7) is 0. The first-order chi connectivity index (χ1) is 48.5. The van der Waals surface area contributed by atoms with E-state index in [1.165, 1.54) is 72.2 Å². The van der Waals surface area contributed by atoms with E-state index >= 15 is 0 Å². The van der Waals surface area contributed by atoms with Gasteiger partial charge in [0.05, 0.1) is 20.4 Å². The third-order valence-electron chi connectivity index (χ3n) is 17.6. The summed E-state index contributed by atoms with van der Waals surface area (Å²) in [6, 6.07) is 110. The van der Waals surface area contributed by atoms with Crippen LogP contribution in [-0.2, 0) is 0 Å². The zero-order chi connectivity index (χ0) is 64.9. The van der Waals surface area contributed by atoms with E-state index in [2.05, 4.69) is 218 Å². The maximum absolute atomic E-state index is 5.13. The van der Waals surface area contributed by atoms with Crippen LogP contribution in [0.2, 0.25) is 0 Å². The van der Waals surface area contributed by atoms with Crippen LogP contribution in [0.3, 0.4) is 0 Å². The lowest BCUT2D eigenvalue weighted by atomic mass is 10.0. The molecule has 6 aromatic heterocycles. The van der Waals surface area contributed by atoms with Crippen molar-refractivity contribution in [3.63, 3.8) is 0 Å². The molecule has 0 fully saturated rings. The highest BCUT2D eigenvalue weighted by atomic mass is 32.1. The molecule has 0 N–H and O–H groups in total. The Balaban J connectivity index is 0.000000143. The van der Waals surface area contributed by atoms with Crippen molar-refractivity contribution in [1.82, 2.24) is 39.9 Å². The molecular weight excluding hydrogens is 1270 g/mol. The van der Waals surface area contributed by atoms with Gasteiger partial charge in [0.25, 0.3) is 0 Å². The largest absolute Gasteiger partial charge is 0.236 e. The van der Waals surface area contributed by atoms with Crippen molar-refractivity contribution in [2.24, 2.45) is 0 Å². The van der Waals surface area contributed by atoms with Crippen LogP contribution in [0.5, 0.6) is 0 Å². The van der Waals surface area contributed by atoms with Gasteiger partial charge >= 0.3 is 0 Å². The number of fused-ring (bicyclic) bond motifs is 8. The quantitative estimate of drug-likeness (QED) is 0.126. The smallest absolute Gasteiger partial charge is 0.164 e. The van der Waals surface area contributed by atoms with Gasteiger partial charge in [0.15, 0.2) is 34.9 Å². The average molecular weight is 1330 g/mol. The average Bonchev–Trinajstić information content (AvgIpc) is 1.58. The van der Waals surface area contributed by atoms with Gasteiger partial charge in [-0.1, -0.05) is 267 Å². The molecule has 460 valence electrons. The second-order valence-corrected chi connectivity index (χ2v) is 28.0. The van der Waals surface area contributed by atoms with Gasteiger partial charge in [-0.15, -0.1) is 45.3 Å². The number of thiophene rings is 2. The lowest BCUT2D eigenvalue weighted by molar-refractivity contribution is 1.08. The maximum Gasteiger partial charge on any atom is 0.164 e. The first-order valence-corrected chi connectivity index (χ1v) is 35.5. The third-order valence-corrected chi connectivity index (χ3v) is 22.0. The Hall–Kier alpha value is -11.9. The number of para-hydroxylation sites is 2. The molecular formula is C86H52N8S4. The summed E-state index contributed by atoms with van der Waals surface area (Å²) in [5.74, 6) is 3.97. The van der Waals surface area contributed by atoms with Crippen molar-refractivity contribution >= 4 is 106 Å². The molecule has 0 amide bonds. The highest BCUT2D eigenvalue weighted by molar-refractivity contribution is 7.26. The van der Waals surface area contributed by atoms with E-state index in [9.17, 15) is 0 Å². The van der Waals surface area contributed by atoms with E-state index in [-0.39, 0.29) is 0 Å². The van der Waals surface area contributed by atoms with E-state index in [1.54, 1.807) is 45.3 Å². The summed E-state index contributed by atoms with van der Waals surface area (Å²) in [5.41, 5.74) is 17.3. The molecule has 0 atom stereocenters. The molecule has 6 heterocycles. The number of thiazole rings is 2. The van der Waals surface area contributed by atoms with Crippen molar-refractivity contribution in [1.29, 1.82) is 0 Å². The van der Waals surface area contributed by atoms with E-state index in [1.807, 2.05) is 97.1 Å². The summed E-state index contributed by atoms with van der Waals surface area (Å²) in [6.07, 6.45) is 0. The number of aromatic nitrogens is 8. The van der Waals surface area contributed by atoms with Crippen molar-refractivity contribution in [3.8, 4) is 123 Å². The van der Waals surface area contributed by atoms with Crippen molar-refractivity contribution < 1.29 is 0 Å². The molecule has 0 aliphatic carbocycles. The highest BCUT2D eigenvalue weighted by Crippen LogP contribution is 2.44. The number of hydrogen-bond donors (Lipinski definition) is 0. The van der Waals surface area contributed by atoms with E-state index in [0.717, 1.165) is 76.5 Å². The van der Waals surface area contributed by atoms with Crippen molar-refractivity contribution in [3.05, 3.63) is 315 Å². The fraction of sp³-hybridized carbons (Fsp3) is 0. The number of benzene rings is 13. The third kappa shape index (κ3) is 11.4. The van der Waals surface area contributed by atoms with Gasteiger partial charge in [-0.05, 0) is 81.9 Å². The van der Waals surface area contributed by atoms with Gasteiger partial charge in [0.2, 0.25) is 0 Å². The monoisotopic (exact) mass is 1320 g/mol. The number of nitrogens with zero attached hydrogens (tertiary/aromatic N) is 8. The minimum absolute atomic E-state index is 0.650. The highest BCUT2D eigenvalue weighted by Gasteiger charge is 2.21. The van der Waals surface area contributed by atoms with Crippen molar-refractivity contribution in [2.45, 2.75) is 0 Å². The summed E-state index contributed by atoms with van der Waals surface area (Å²) in [5, 5.41) is 6.82. The molecule has 8 nitrogen and oxygen atoms in total. The number of rotatable bonds is 11. The van der Waals surface area contributed by atoms with Crippen LogP contribution in [0.1, 0.15) is 0 Å². The van der Waals surface area contributed by atoms with Crippen LogP contribution in [0, 0.1) is 0 Å². The first kappa shape index (κ1) is 58.7. The van der Waals surface area contributed by atoms with Gasteiger partial charge < -0.3 is 0 Å². The molecule has 19 rings (SSSR count). The Kier molecular flexibility index (Phi) is 15.2. The lowest BCUT2D eigenvalue weighted by Gasteiger charge is -2.10. The molecule has 12 heteroatoms. The minimum atomic E-state index is 0.650. The summed E-state index contributed by atoms with van der Waals surface area (Å²) >= 11 is 7.07. The molecule has 0 aliphatic rings. The number of hydrogen-bond acceptors (Lipinski definition) is 12. The lowest BCUT2D eigenvalue weighted by Crippen LogP contribution is -2.00. The molecule has 0 spiro atoms. The van der Waals surface area contributed by atoms with Gasteiger partial charge in [-0.3, -0.25) is 0 Å². The summed E-state index contributed by atoms with van der Waals surface area (Å²) in [7, 11) is 0. The van der Waals surface area contributed by atoms with Crippen molar-refractivity contribution in [2.75, 3.05) is 0 Å². The fourth-order valence-corrected chi connectivity index (χ4v) is 17.0. The minimum Gasteiger partial charge on any atom is -0.236 e. The molecule has 0 unspecified atom stereocenters. The van der Waals surface area contributed by atoms with Crippen LogP contribution < -0.4 is 0 Å². The zero-order valence-corrected chi connectivity index (χ0v) is 55.5. The molecule has 0 saturated heterocycles. The molecule has 19 aromatic rings. The molecule has 0 radical (unpaired) electrons. The Labute approximate surface area is 580 Å². The molecule has 13 aromatic carbocycles. The fourth-order valence-electron chi connectivity index (χ4n) is 12.7. The molecule has 0 aliphatic heterocycles. The second-order valence-electron chi connectivity index (χ2n) is 23.8. The standard InChI is InChI=1S/C46H28N4S2.C40H24N4S2/c1-3-10-29(11-4-1)30-18-22-33(23-19-30)44-48-43(32-12-5-2-6-13-32)49-45(50-44)37-14-9-17-40-42(37)36-27-26-35(28-41(36)51-40)31-20-24-34(25-21-31)46-47-38-15-7-8-16-39(38)52-46;1-3-10-26(11-4-1)37-42-38(27-12-5-2-6-13-27)44-39(43-37)31-14-9-17-34-36(31)30-23-22-29(24-35(30)45-34)25-18-20-28(21-19-25)40-41-32-15-7-8-16-33(32)46-40/h1-28H;1-24H. The Morgan fingerprint density at radius 1 is 0.173 bits per heavy atom. The predicted octanol–water partition coefficient (Wildman–Crippen LogP) is 24.0. The Bertz CT molecular complexity index is 6030. The van der Waals surface area contributed by atoms with Crippen LogP contribution >= 0.6 is 45.3 Å². The normalized spacial score (nSPS) is 11.5. The van der Waals surface area contributed by atoms with Crippen LogP contribution in [0.15, 0.2) is 315 Å². The maximum atomic E-state index is 5.13. The predicted molar refractivity (Wildman–Crippen MR) is 412 cm³/mol. The van der Waals surface area contributed by atoms with E-state index in [0.29, 0.717) is 34.9 Å². The molecule has 98 heavy (non-hydrogen) atoms. The van der Waals surface area contributed by atoms with Gasteiger partial charge in [0.1, 0.15) is 10.0 Å². The molecule has 0 bridgehead atoms. The SMILES string of the molecule is c1ccc(-c2ccc(-c3nc(-c4ccccc4)nc(-c4cccc5sc6cc(-c7ccc(-c8nc9ccccc9s8)cc7)ccc6c45)n3)cc2)cc1.c1ccc(-c2nc(-c3ccccc3)nc(-c3cccc4sc5cc(-c6ccc(-c7nc8ccccc8s7)cc6)ccc5c34)n2)cc1. The Morgan fingerprint density at radius 2 is 0.459 bits per heavy atom.